The first kappa shape index (κ1) is 34.8. The van der Waals surface area contributed by atoms with E-state index in [0.29, 0.717) is 28.6 Å². The molecule has 0 amide bonds. The van der Waals surface area contributed by atoms with E-state index in [0.717, 1.165) is 78.3 Å². The van der Waals surface area contributed by atoms with Crippen LogP contribution in [-0.4, -0.2) is 15.0 Å². The first-order valence-corrected chi connectivity index (χ1v) is 19.7. The molecule has 2 aliphatic rings. The zero-order valence-corrected chi connectivity index (χ0v) is 32.0. The minimum absolute atomic E-state index is 0.458. The third kappa shape index (κ3) is 5.51. The van der Waals surface area contributed by atoms with Crippen molar-refractivity contribution in [3.63, 3.8) is 0 Å². The molecule has 0 N–H and O–H groups in total. The smallest absolute Gasteiger partial charge is 0.164 e. The molecule has 0 unspecified atom stereocenters. The Morgan fingerprint density at radius 3 is 1.28 bits per heavy atom. The number of ether oxygens (including phenoxy) is 1. The number of hydrogen-bond donors (Lipinski definition) is 0. The van der Waals surface area contributed by atoms with Crippen molar-refractivity contribution in [2.24, 2.45) is 0 Å². The van der Waals surface area contributed by atoms with E-state index in [-0.39, 0.29) is 0 Å². The predicted octanol–water partition coefficient (Wildman–Crippen LogP) is 12.4. The van der Waals surface area contributed by atoms with Gasteiger partial charge in [-0.1, -0.05) is 146 Å². The lowest BCUT2D eigenvalue weighted by molar-refractivity contribution is 0.436. The normalized spacial score (nSPS) is 12.6. The summed E-state index contributed by atoms with van der Waals surface area (Å²) in [7, 11) is 0. The van der Waals surface area contributed by atoms with Crippen LogP contribution < -0.4 is 4.74 Å². The number of aromatic nitrogens is 3. The maximum Gasteiger partial charge on any atom is 0.164 e. The van der Waals surface area contributed by atoms with Crippen LogP contribution >= 0.6 is 0 Å². The Balaban J connectivity index is 1.12. The second-order valence-electron chi connectivity index (χ2n) is 15.0. The summed E-state index contributed by atoms with van der Waals surface area (Å²) < 4.78 is 6.60. The molecule has 0 bridgehead atoms. The number of rotatable bonds is 5. The molecule has 2 heterocycles. The van der Waals surface area contributed by atoms with Crippen LogP contribution in [0.2, 0.25) is 0 Å². The molecule has 6 heteroatoms. The fourth-order valence-corrected chi connectivity index (χ4v) is 8.94. The minimum Gasteiger partial charge on any atom is -0.457 e. The summed E-state index contributed by atoms with van der Waals surface area (Å²) in [5.41, 5.74) is 13.5. The van der Waals surface area contributed by atoms with Crippen LogP contribution in [-0.2, 0) is 5.41 Å². The van der Waals surface area contributed by atoms with Crippen LogP contribution in [0.3, 0.4) is 0 Å². The second kappa shape index (κ2) is 13.9. The van der Waals surface area contributed by atoms with Crippen molar-refractivity contribution in [1.29, 1.82) is 10.5 Å². The standard InChI is InChI=1S/C54H31N5O/c55-32-34-27-35(33-56)29-42(28-34)37-21-19-36(20-22-37)40-23-25-45-43(30-40)44-31-41(53-58-51(38-11-3-1-4-12-38)57-52(59-53)39-13-5-2-6-14-39)24-26-46(44)54(45)47-15-7-9-17-49(47)60-50-18-10-8-16-48(50)54/h1-31H. The number of fused-ring (bicyclic) bond motifs is 9. The van der Waals surface area contributed by atoms with Gasteiger partial charge in [-0.25, -0.2) is 15.0 Å². The van der Waals surface area contributed by atoms with Gasteiger partial charge in [0.1, 0.15) is 11.5 Å². The van der Waals surface area contributed by atoms with Crippen molar-refractivity contribution in [1.82, 2.24) is 15.0 Å². The van der Waals surface area contributed by atoms with Gasteiger partial charge in [0.25, 0.3) is 0 Å². The van der Waals surface area contributed by atoms with Gasteiger partial charge < -0.3 is 4.74 Å². The Bertz CT molecular complexity index is 3120. The molecule has 11 rings (SSSR count). The summed E-state index contributed by atoms with van der Waals surface area (Å²) in [5, 5.41) is 19.2. The lowest BCUT2D eigenvalue weighted by Gasteiger charge is -2.39. The van der Waals surface area contributed by atoms with Gasteiger partial charge in [0.15, 0.2) is 17.5 Å². The van der Waals surface area contributed by atoms with Crippen LogP contribution in [0.15, 0.2) is 188 Å². The van der Waals surface area contributed by atoms with E-state index in [2.05, 4.69) is 97.1 Å². The zero-order valence-electron chi connectivity index (χ0n) is 32.0. The number of hydrogen-bond acceptors (Lipinski definition) is 6. The topological polar surface area (TPSA) is 95.5 Å². The molecule has 0 saturated heterocycles. The average Bonchev–Trinajstić information content (AvgIpc) is 3.61. The van der Waals surface area contributed by atoms with Gasteiger partial charge in [-0.2, -0.15) is 10.5 Å². The van der Waals surface area contributed by atoms with Crippen molar-refractivity contribution in [3.05, 3.63) is 221 Å². The molecule has 1 aromatic heterocycles. The van der Waals surface area contributed by atoms with Crippen molar-refractivity contribution in [3.8, 4) is 91.2 Å². The fourth-order valence-electron chi connectivity index (χ4n) is 8.94. The highest BCUT2D eigenvalue weighted by Gasteiger charge is 2.51. The quantitative estimate of drug-likeness (QED) is 0.173. The van der Waals surface area contributed by atoms with Gasteiger partial charge >= 0.3 is 0 Å². The van der Waals surface area contributed by atoms with Crippen molar-refractivity contribution in [2.45, 2.75) is 5.41 Å². The van der Waals surface area contributed by atoms with Gasteiger partial charge in [0.05, 0.1) is 28.7 Å². The highest BCUT2D eigenvalue weighted by Crippen LogP contribution is 2.62. The lowest BCUT2D eigenvalue weighted by atomic mass is 9.66. The van der Waals surface area contributed by atoms with Gasteiger partial charge in [0.2, 0.25) is 0 Å². The molecule has 1 spiro atoms. The van der Waals surface area contributed by atoms with Crippen molar-refractivity contribution in [2.75, 3.05) is 0 Å². The molecule has 8 aromatic carbocycles. The third-order valence-electron chi connectivity index (χ3n) is 11.6. The molecule has 0 radical (unpaired) electrons. The molecule has 60 heavy (non-hydrogen) atoms. The summed E-state index contributed by atoms with van der Waals surface area (Å²) in [6, 6.07) is 68.1. The average molecular weight is 766 g/mol. The number of para-hydroxylation sites is 2. The summed E-state index contributed by atoms with van der Waals surface area (Å²) in [6.07, 6.45) is 0. The summed E-state index contributed by atoms with van der Waals surface area (Å²) in [4.78, 5) is 15.1. The maximum atomic E-state index is 9.59. The third-order valence-corrected chi connectivity index (χ3v) is 11.6. The highest BCUT2D eigenvalue weighted by atomic mass is 16.5. The number of nitriles is 2. The van der Waals surface area contributed by atoms with Crippen molar-refractivity contribution >= 4 is 0 Å². The monoisotopic (exact) mass is 765 g/mol. The first-order valence-electron chi connectivity index (χ1n) is 19.7. The van der Waals surface area contributed by atoms with E-state index in [1.807, 2.05) is 97.1 Å². The first-order chi connectivity index (χ1) is 29.6. The minimum atomic E-state index is -0.648. The van der Waals surface area contributed by atoms with Gasteiger partial charge in [-0.05, 0) is 87.0 Å². The Labute approximate surface area is 347 Å². The molecular formula is C54H31N5O. The fraction of sp³-hybridized carbons (Fsp3) is 0.0185. The van der Waals surface area contributed by atoms with Crippen LogP contribution in [0, 0.1) is 22.7 Å². The van der Waals surface area contributed by atoms with Crippen molar-refractivity contribution < 1.29 is 4.74 Å². The van der Waals surface area contributed by atoms with E-state index in [1.165, 1.54) is 5.56 Å². The van der Waals surface area contributed by atoms with Gasteiger partial charge in [0, 0.05) is 27.8 Å². The van der Waals surface area contributed by atoms with Crippen LogP contribution in [0.25, 0.3) is 67.5 Å². The van der Waals surface area contributed by atoms with E-state index >= 15 is 0 Å². The molecule has 0 fully saturated rings. The predicted molar refractivity (Wildman–Crippen MR) is 234 cm³/mol. The van der Waals surface area contributed by atoms with E-state index < -0.39 is 5.41 Å². The molecular weight excluding hydrogens is 735 g/mol. The van der Waals surface area contributed by atoms with Crippen LogP contribution in [0.4, 0.5) is 0 Å². The Kier molecular flexibility index (Phi) is 8.05. The molecule has 9 aromatic rings. The highest BCUT2D eigenvalue weighted by molar-refractivity contribution is 5.92. The Morgan fingerprint density at radius 1 is 0.350 bits per heavy atom. The van der Waals surface area contributed by atoms with Gasteiger partial charge in [-0.3, -0.25) is 0 Å². The second-order valence-corrected chi connectivity index (χ2v) is 15.0. The summed E-state index contributed by atoms with van der Waals surface area (Å²) >= 11 is 0. The van der Waals surface area contributed by atoms with E-state index in [1.54, 1.807) is 6.07 Å². The summed E-state index contributed by atoms with van der Waals surface area (Å²) in [5.74, 6) is 3.47. The molecule has 1 aliphatic heterocycles. The largest absolute Gasteiger partial charge is 0.457 e. The summed E-state index contributed by atoms with van der Waals surface area (Å²) in [6.45, 7) is 0. The zero-order chi connectivity index (χ0) is 40.2. The number of benzene rings is 8. The molecule has 0 saturated carbocycles. The van der Waals surface area contributed by atoms with E-state index in [4.69, 9.17) is 19.7 Å². The molecule has 278 valence electrons. The Hall–Kier alpha value is -8.45. The van der Waals surface area contributed by atoms with Gasteiger partial charge in [-0.15, -0.1) is 0 Å². The van der Waals surface area contributed by atoms with Crippen LogP contribution in [0.5, 0.6) is 11.5 Å². The molecule has 1 aliphatic carbocycles. The number of nitrogens with zero attached hydrogens (tertiary/aromatic N) is 5. The van der Waals surface area contributed by atoms with Crippen LogP contribution in [0.1, 0.15) is 33.4 Å². The molecule has 0 atom stereocenters. The Morgan fingerprint density at radius 2 is 0.767 bits per heavy atom. The molecule has 6 nitrogen and oxygen atoms in total. The maximum absolute atomic E-state index is 9.59. The van der Waals surface area contributed by atoms with E-state index in [9.17, 15) is 10.5 Å². The lowest BCUT2D eigenvalue weighted by Crippen LogP contribution is -2.32. The SMILES string of the molecule is N#Cc1cc(C#N)cc(-c2ccc(-c3ccc4c(c3)-c3cc(-c5nc(-c6ccccc6)nc(-c6ccccc6)n5)ccc3C43c4ccccc4Oc4ccccc43)cc2)c1.